The summed E-state index contributed by atoms with van der Waals surface area (Å²) in [5.74, 6) is 0. The molecule has 0 saturated carbocycles. The molecule has 0 N–H and O–H groups in total. The molecule has 2 aromatic rings. The van der Waals surface area contributed by atoms with Gasteiger partial charge in [-0.3, -0.25) is 4.68 Å². The van der Waals surface area contributed by atoms with E-state index in [2.05, 4.69) is 56.8 Å². The van der Waals surface area contributed by atoms with Crippen molar-refractivity contribution in [3.63, 3.8) is 0 Å². The third-order valence-corrected chi connectivity index (χ3v) is 2.21. The van der Waals surface area contributed by atoms with Crippen LogP contribution < -0.4 is 0 Å². The molecule has 0 atom stereocenters. The normalized spacial score (nSPS) is 11.9. The highest BCUT2D eigenvalue weighted by molar-refractivity contribution is 4.83. The van der Waals surface area contributed by atoms with E-state index in [0.717, 1.165) is 0 Å². The van der Waals surface area contributed by atoms with Crippen LogP contribution in [-0.4, -0.2) is 24.8 Å². The molecule has 0 saturated heterocycles. The molecule has 0 aliphatic carbocycles. The number of nitrogens with zero attached hydrogens (tertiary/aromatic N) is 5. The van der Waals surface area contributed by atoms with Crippen molar-refractivity contribution in [1.29, 1.82) is 0 Å². The summed E-state index contributed by atoms with van der Waals surface area (Å²) in [4.78, 5) is 1.69. The van der Waals surface area contributed by atoms with Crippen LogP contribution >= 0.6 is 0 Å². The molecule has 0 aliphatic heterocycles. The van der Waals surface area contributed by atoms with Gasteiger partial charge in [-0.15, -0.1) is 0 Å². The predicted molar refractivity (Wildman–Crippen MR) is 72.2 cm³/mol. The zero-order chi connectivity index (χ0) is 13.8. The van der Waals surface area contributed by atoms with Gasteiger partial charge in [-0.25, -0.2) is 0 Å². The van der Waals surface area contributed by atoms with E-state index >= 15 is 0 Å². The molecule has 5 nitrogen and oxygen atoms in total. The monoisotopic (exact) mass is 249 g/mol. The Labute approximate surface area is 109 Å². The Kier molecular flexibility index (Phi) is 4.27. The average Bonchev–Trinajstić information content (AvgIpc) is 2.91. The summed E-state index contributed by atoms with van der Waals surface area (Å²) in [7, 11) is 0. The highest BCUT2D eigenvalue weighted by Crippen LogP contribution is 2.10. The molecular formula is C13H23N5. The molecule has 100 valence electrons. The minimum atomic E-state index is 0.0174. The highest BCUT2D eigenvalue weighted by Gasteiger charge is 2.12. The third-order valence-electron chi connectivity index (χ3n) is 2.21. The van der Waals surface area contributed by atoms with Crippen molar-refractivity contribution in [2.45, 2.75) is 52.6 Å². The standard InChI is InChI=1S/C7H12N2.C6H11N3/c1-7(2,3)9-6-4-5-8-9;1-6(2,3)9-7-4-5-8-9/h4-6H,1-3H3;4-5H,1-3H3. The number of hydrogen-bond donors (Lipinski definition) is 0. The van der Waals surface area contributed by atoms with E-state index in [1.165, 1.54) is 0 Å². The van der Waals surface area contributed by atoms with Gasteiger partial charge in [0.2, 0.25) is 0 Å². The van der Waals surface area contributed by atoms with Crippen LogP contribution in [0.1, 0.15) is 41.5 Å². The van der Waals surface area contributed by atoms with Crippen LogP contribution in [-0.2, 0) is 11.1 Å². The lowest BCUT2D eigenvalue weighted by atomic mass is 10.1. The van der Waals surface area contributed by atoms with Crippen molar-refractivity contribution in [2.24, 2.45) is 0 Å². The SMILES string of the molecule is CC(C)(C)n1cccn1.CC(C)(C)n1nccn1. The lowest BCUT2D eigenvalue weighted by molar-refractivity contribution is 0.312. The second-order valence-corrected chi connectivity index (χ2v) is 6.11. The Morgan fingerprint density at radius 2 is 1.28 bits per heavy atom. The lowest BCUT2D eigenvalue weighted by Gasteiger charge is -2.18. The van der Waals surface area contributed by atoms with Gasteiger partial charge in [0.25, 0.3) is 0 Å². The van der Waals surface area contributed by atoms with Gasteiger partial charge in [-0.05, 0) is 47.6 Å². The summed E-state index contributed by atoms with van der Waals surface area (Å²) < 4.78 is 1.94. The quantitative estimate of drug-likeness (QED) is 0.721. The van der Waals surface area contributed by atoms with Gasteiger partial charge in [0.05, 0.1) is 23.5 Å². The second kappa shape index (κ2) is 5.33. The topological polar surface area (TPSA) is 48.5 Å². The molecule has 0 fully saturated rings. The Balaban J connectivity index is 0.000000180. The predicted octanol–water partition coefficient (Wildman–Crippen LogP) is 2.67. The molecule has 0 unspecified atom stereocenters. The maximum Gasteiger partial charge on any atom is 0.0740 e. The van der Waals surface area contributed by atoms with Gasteiger partial charge >= 0.3 is 0 Å². The van der Waals surface area contributed by atoms with Gasteiger partial charge in [-0.2, -0.15) is 20.1 Å². The van der Waals surface area contributed by atoms with Crippen LogP contribution in [0.25, 0.3) is 0 Å². The zero-order valence-corrected chi connectivity index (χ0v) is 12.1. The van der Waals surface area contributed by atoms with Crippen molar-refractivity contribution in [3.05, 3.63) is 30.9 Å². The smallest absolute Gasteiger partial charge is 0.0740 e. The summed E-state index contributed by atoms with van der Waals surface area (Å²) in [5.41, 5.74) is 0.146. The minimum Gasteiger partial charge on any atom is -0.268 e. The first-order valence-electron chi connectivity index (χ1n) is 6.08. The summed E-state index contributed by atoms with van der Waals surface area (Å²) in [5, 5.41) is 12.1. The summed E-state index contributed by atoms with van der Waals surface area (Å²) in [6.07, 6.45) is 7.14. The van der Waals surface area contributed by atoms with Crippen molar-refractivity contribution < 1.29 is 0 Å². The maximum atomic E-state index is 4.10. The molecule has 18 heavy (non-hydrogen) atoms. The number of rotatable bonds is 0. The lowest BCUT2D eigenvalue weighted by Crippen LogP contribution is -2.24. The van der Waals surface area contributed by atoms with Crippen molar-refractivity contribution in [2.75, 3.05) is 0 Å². The molecule has 0 aromatic carbocycles. The van der Waals surface area contributed by atoms with Crippen LogP contribution in [0.3, 0.4) is 0 Å². The maximum absolute atomic E-state index is 4.10. The minimum absolute atomic E-state index is 0.0174. The average molecular weight is 249 g/mol. The molecule has 2 aromatic heterocycles. The van der Waals surface area contributed by atoms with Gasteiger partial charge in [0.15, 0.2) is 0 Å². The summed E-state index contributed by atoms with van der Waals surface area (Å²) in [6, 6.07) is 1.94. The zero-order valence-electron chi connectivity index (χ0n) is 12.1. The molecule has 2 heterocycles. The van der Waals surface area contributed by atoms with E-state index in [0.29, 0.717) is 0 Å². The second-order valence-electron chi connectivity index (χ2n) is 6.11. The summed E-state index contributed by atoms with van der Waals surface area (Å²) in [6.45, 7) is 12.6. The largest absolute Gasteiger partial charge is 0.268 e. The van der Waals surface area contributed by atoms with Gasteiger partial charge in [0.1, 0.15) is 0 Å². The van der Waals surface area contributed by atoms with Crippen LogP contribution in [0.2, 0.25) is 0 Å². The van der Waals surface area contributed by atoms with Gasteiger partial charge in [-0.1, -0.05) is 0 Å². The van der Waals surface area contributed by atoms with E-state index in [1.807, 2.05) is 16.9 Å². The van der Waals surface area contributed by atoms with Gasteiger partial charge in [0, 0.05) is 12.4 Å². The highest BCUT2D eigenvalue weighted by atomic mass is 15.5. The van der Waals surface area contributed by atoms with Crippen LogP contribution in [0.4, 0.5) is 0 Å². The van der Waals surface area contributed by atoms with E-state index in [-0.39, 0.29) is 11.1 Å². The van der Waals surface area contributed by atoms with Crippen molar-refractivity contribution in [3.8, 4) is 0 Å². The fourth-order valence-electron chi connectivity index (χ4n) is 1.23. The molecular weight excluding hydrogens is 226 g/mol. The Morgan fingerprint density at radius 1 is 0.722 bits per heavy atom. The first-order chi connectivity index (χ1) is 8.21. The van der Waals surface area contributed by atoms with Gasteiger partial charge < -0.3 is 0 Å². The first-order valence-corrected chi connectivity index (χ1v) is 6.08. The van der Waals surface area contributed by atoms with E-state index in [1.54, 1.807) is 23.4 Å². The Bertz CT molecular complexity index is 384. The molecule has 0 amide bonds. The van der Waals surface area contributed by atoms with Crippen LogP contribution in [0.5, 0.6) is 0 Å². The van der Waals surface area contributed by atoms with Crippen LogP contribution in [0, 0.1) is 0 Å². The van der Waals surface area contributed by atoms with E-state index in [9.17, 15) is 0 Å². The molecule has 0 aliphatic rings. The Morgan fingerprint density at radius 3 is 1.50 bits per heavy atom. The van der Waals surface area contributed by atoms with Crippen molar-refractivity contribution >= 4 is 0 Å². The number of aromatic nitrogens is 5. The summed E-state index contributed by atoms with van der Waals surface area (Å²) >= 11 is 0. The molecule has 2 rings (SSSR count). The fourth-order valence-corrected chi connectivity index (χ4v) is 1.23. The molecule has 0 radical (unpaired) electrons. The molecule has 0 spiro atoms. The Hall–Kier alpha value is -1.65. The fraction of sp³-hybridized carbons (Fsp3) is 0.615. The molecule has 5 heteroatoms. The van der Waals surface area contributed by atoms with E-state index < -0.39 is 0 Å². The van der Waals surface area contributed by atoms with Crippen molar-refractivity contribution in [1.82, 2.24) is 24.8 Å². The first kappa shape index (κ1) is 14.4. The third kappa shape index (κ3) is 4.31. The molecule has 0 bridgehead atoms. The number of hydrogen-bond acceptors (Lipinski definition) is 3. The van der Waals surface area contributed by atoms with E-state index in [4.69, 9.17) is 0 Å². The van der Waals surface area contributed by atoms with Crippen LogP contribution in [0.15, 0.2) is 30.9 Å².